The van der Waals surface area contributed by atoms with Crippen molar-refractivity contribution in [3.8, 4) is 0 Å². The van der Waals surface area contributed by atoms with Gasteiger partial charge in [-0.25, -0.2) is 0 Å². The van der Waals surface area contributed by atoms with Gasteiger partial charge in [0, 0.05) is 15.7 Å². The van der Waals surface area contributed by atoms with Crippen molar-refractivity contribution in [3.05, 3.63) is 39.9 Å². The lowest BCUT2D eigenvalue weighted by Crippen LogP contribution is -2.28. The maximum Gasteiger partial charge on any atom is 0.246 e. The van der Waals surface area contributed by atoms with Crippen molar-refractivity contribution in [2.75, 3.05) is 11.9 Å². The molecule has 1 unspecified atom stereocenters. The van der Waals surface area contributed by atoms with Gasteiger partial charge in [-0.05, 0) is 50.8 Å². The van der Waals surface area contributed by atoms with Crippen LogP contribution in [0.4, 0.5) is 5.69 Å². The monoisotopic (exact) mass is 334 g/mol. The van der Waals surface area contributed by atoms with Gasteiger partial charge in [-0.1, -0.05) is 33.6 Å². The highest BCUT2D eigenvalue weighted by molar-refractivity contribution is 9.10. The molecule has 0 bridgehead atoms. The molecule has 3 nitrogen and oxygen atoms in total. The van der Waals surface area contributed by atoms with Gasteiger partial charge in [0.25, 0.3) is 0 Å². The highest BCUT2D eigenvalue weighted by Crippen LogP contribution is 2.36. The number of allylic oxidation sites excluding steroid dienone is 1. The number of benzene rings is 1. The third-order valence-electron chi connectivity index (χ3n) is 4.04. The topological polar surface area (TPSA) is 41.1 Å². The molecule has 1 atom stereocenters. The van der Waals surface area contributed by atoms with E-state index in [1.807, 2.05) is 18.2 Å². The quantitative estimate of drug-likeness (QED) is 0.819. The molecular formula is C16H19BrN2O. The van der Waals surface area contributed by atoms with Gasteiger partial charge in [-0.15, -0.1) is 0 Å². The Kier molecular flexibility index (Phi) is 4.22. The first kappa shape index (κ1) is 13.8. The fraction of sp³-hybridized carbons (Fsp3) is 0.438. The Hall–Kier alpha value is -1.13. The summed E-state index contributed by atoms with van der Waals surface area (Å²) < 4.78 is 0.989. The summed E-state index contributed by atoms with van der Waals surface area (Å²) in [5.74, 6) is 0.0459. The van der Waals surface area contributed by atoms with E-state index < -0.39 is 0 Å². The molecule has 0 spiro atoms. The fourth-order valence-corrected chi connectivity index (χ4v) is 3.57. The lowest BCUT2D eigenvalue weighted by atomic mass is 9.97. The van der Waals surface area contributed by atoms with Crippen LogP contribution >= 0.6 is 15.9 Å². The Morgan fingerprint density at radius 2 is 2.25 bits per heavy atom. The molecular weight excluding hydrogens is 316 g/mol. The second-order valence-corrected chi connectivity index (χ2v) is 6.29. The number of fused-ring (bicyclic) bond motifs is 1. The summed E-state index contributed by atoms with van der Waals surface area (Å²) in [6.45, 7) is 0.852. The molecule has 0 saturated carbocycles. The summed E-state index contributed by atoms with van der Waals surface area (Å²) in [5, 5.41) is 6.32. The van der Waals surface area contributed by atoms with Crippen molar-refractivity contribution in [2.24, 2.45) is 0 Å². The molecule has 1 heterocycles. The number of carbonyl (C=O) groups is 1. The van der Waals surface area contributed by atoms with E-state index in [1.54, 1.807) is 0 Å². The number of hydrogen-bond acceptors (Lipinski definition) is 2. The first-order valence-corrected chi connectivity index (χ1v) is 8.05. The van der Waals surface area contributed by atoms with Gasteiger partial charge < -0.3 is 10.6 Å². The smallest absolute Gasteiger partial charge is 0.246 e. The van der Waals surface area contributed by atoms with Gasteiger partial charge in [0.2, 0.25) is 5.91 Å². The number of rotatable bonds is 4. The van der Waals surface area contributed by atoms with E-state index in [0.717, 1.165) is 28.7 Å². The van der Waals surface area contributed by atoms with Crippen LogP contribution in [-0.4, -0.2) is 12.5 Å². The van der Waals surface area contributed by atoms with Crippen LogP contribution in [0.3, 0.4) is 0 Å². The lowest BCUT2D eigenvalue weighted by Gasteiger charge is -2.16. The van der Waals surface area contributed by atoms with E-state index in [2.05, 4.69) is 32.6 Å². The van der Waals surface area contributed by atoms with Crippen LogP contribution in [0.5, 0.6) is 0 Å². The SMILES string of the molecule is O=C1Nc2cccc(Br)c2C1NCCC1=CCCCC1. The van der Waals surface area contributed by atoms with E-state index >= 15 is 0 Å². The van der Waals surface area contributed by atoms with Gasteiger partial charge in [0.15, 0.2) is 0 Å². The molecule has 0 saturated heterocycles. The van der Waals surface area contributed by atoms with Crippen LogP contribution in [0.1, 0.15) is 43.7 Å². The van der Waals surface area contributed by atoms with Crippen molar-refractivity contribution >= 4 is 27.5 Å². The second kappa shape index (κ2) is 6.10. The minimum absolute atomic E-state index is 0.0459. The Labute approximate surface area is 128 Å². The lowest BCUT2D eigenvalue weighted by molar-refractivity contribution is -0.117. The molecule has 1 aromatic carbocycles. The molecule has 0 radical (unpaired) electrons. The summed E-state index contributed by atoms with van der Waals surface area (Å²) in [7, 11) is 0. The van der Waals surface area contributed by atoms with E-state index in [9.17, 15) is 4.79 Å². The summed E-state index contributed by atoms with van der Waals surface area (Å²) in [6.07, 6.45) is 8.48. The minimum Gasteiger partial charge on any atom is -0.324 e. The standard InChI is InChI=1S/C16H19BrN2O/c17-12-7-4-8-13-14(12)15(16(20)19-13)18-10-9-11-5-2-1-3-6-11/h4-5,7-8,15,18H,1-3,6,9-10H2,(H,19,20). The molecule has 0 aromatic heterocycles. The summed E-state index contributed by atoms with van der Waals surface area (Å²) >= 11 is 3.54. The average molecular weight is 335 g/mol. The predicted molar refractivity (Wildman–Crippen MR) is 84.7 cm³/mol. The first-order valence-electron chi connectivity index (χ1n) is 7.26. The fourth-order valence-electron chi connectivity index (χ4n) is 2.98. The number of anilines is 1. The maximum atomic E-state index is 12.1. The number of nitrogens with one attached hydrogen (secondary N) is 2. The second-order valence-electron chi connectivity index (χ2n) is 5.44. The van der Waals surface area contributed by atoms with Crippen LogP contribution in [0.15, 0.2) is 34.3 Å². The molecule has 106 valence electrons. The molecule has 1 aromatic rings. The van der Waals surface area contributed by atoms with Gasteiger partial charge in [-0.3, -0.25) is 4.79 Å². The molecule has 2 N–H and O–H groups in total. The predicted octanol–water partition coefficient (Wildman–Crippen LogP) is 3.92. The largest absolute Gasteiger partial charge is 0.324 e. The third-order valence-corrected chi connectivity index (χ3v) is 4.73. The minimum atomic E-state index is -0.232. The molecule has 3 rings (SSSR count). The highest BCUT2D eigenvalue weighted by atomic mass is 79.9. The maximum absolute atomic E-state index is 12.1. The van der Waals surface area contributed by atoms with Crippen molar-refractivity contribution < 1.29 is 4.79 Å². The van der Waals surface area contributed by atoms with E-state index in [1.165, 1.54) is 31.3 Å². The van der Waals surface area contributed by atoms with Crippen molar-refractivity contribution in [1.29, 1.82) is 0 Å². The molecule has 1 amide bonds. The highest BCUT2D eigenvalue weighted by Gasteiger charge is 2.31. The molecule has 2 aliphatic rings. The molecule has 4 heteroatoms. The zero-order valence-corrected chi connectivity index (χ0v) is 13.0. The summed E-state index contributed by atoms with van der Waals surface area (Å²) in [4.78, 5) is 12.1. The zero-order chi connectivity index (χ0) is 13.9. The number of halogens is 1. The van der Waals surface area contributed by atoms with Crippen LogP contribution in [-0.2, 0) is 4.79 Å². The summed E-state index contributed by atoms with van der Waals surface area (Å²) in [5.41, 5.74) is 3.49. The van der Waals surface area contributed by atoms with Gasteiger partial charge in [0.1, 0.15) is 6.04 Å². The van der Waals surface area contributed by atoms with Crippen molar-refractivity contribution in [3.63, 3.8) is 0 Å². The number of hydrogen-bond donors (Lipinski definition) is 2. The van der Waals surface area contributed by atoms with Gasteiger partial charge >= 0.3 is 0 Å². The Morgan fingerprint density at radius 3 is 3.05 bits per heavy atom. The summed E-state index contributed by atoms with van der Waals surface area (Å²) in [6, 6.07) is 5.64. The molecule has 1 aliphatic carbocycles. The van der Waals surface area contributed by atoms with Crippen molar-refractivity contribution in [1.82, 2.24) is 5.32 Å². The molecule has 20 heavy (non-hydrogen) atoms. The first-order chi connectivity index (χ1) is 9.75. The van der Waals surface area contributed by atoms with Crippen LogP contribution in [0, 0.1) is 0 Å². The van der Waals surface area contributed by atoms with Crippen LogP contribution in [0.2, 0.25) is 0 Å². The molecule has 1 aliphatic heterocycles. The molecule has 0 fully saturated rings. The normalized spacial score (nSPS) is 21.4. The van der Waals surface area contributed by atoms with Crippen LogP contribution in [0.25, 0.3) is 0 Å². The van der Waals surface area contributed by atoms with E-state index in [0.29, 0.717) is 0 Å². The van der Waals surface area contributed by atoms with E-state index in [-0.39, 0.29) is 11.9 Å². The van der Waals surface area contributed by atoms with E-state index in [4.69, 9.17) is 0 Å². The zero-order valence-electron chi connectivity index (χ0n) is 11.4. The van der Waals surface area contributed by atoms with Crippen molar-refractivity contribution in [2.45, 2.75) is 38.1 Å². The van der Waals surface area contributed by atoms with Gasteiger partial charge in [0.05, 0.1) is 0 Å². The average Bonchev–Trinajstić information content (AvgIpc) is 2.78. The number of amides is 1. The Balaban J connectivity index is 1.64. The van der Waals surface area contributed by atoms with Crippen LogP contribution < -0.4 is 10.6 Å². The number of carbonyl (C=O) groups excluding carboxylic acids is 1. The Morgan fingerprint density at radius 1 is 1.35 bits per heavy atom. The van der Waals surface area contributed by atoms with Gasteiger partial charge in [-0.2, -0.15) is 0 Å². The third kappa shape index (κ3) is 2.81. The Bertz CT molecular complexity index is 553.